The average molecular weight is 519 g/mol. The van der Waals surface area contributed by atoms with E-state index in [1.165, 1.54) is 6.07 Å². The summed E-state index contributed by atoms with van der Waals surface area (Å²) in [7, 11) is 1.84. The van der Waals surface area contributed by atoms with Crippen LogP contribution in [0.3, 0.4) is 0 Å². The fraction of sp³-hybridized carbons (Fsp3) is 0.429. The van der Waals surface area contributed by atoms with E-state index in [1.807, 2.05) is 20.9 Å². The Morgan fingerprint density at radius 3 is 2.58 bits per heavy atom. The molecule has 6 heterocycles. The van der Waals surface area contributed by atoms with Gasteiger partial charge in [-0.3, -0.25) is 14.6 Å². The Balaban J connectivity index is 1.75. The number of ether oxygens (including phenoxy) is 1. The lowest BCUT2D eigenvalue weighted by molar-refractivity contribution is 0.0538. The molecule has 1 atom stereocenters. The van der Waals surface area contributed by atoms with Gasteiger partial charge in [0.05, 0.1) is 28.5 Å². The number of pyridine rings is 2. The summed E-state index contributed by atoms with van der Waals surface area (Å²) in [5.41, 5.74) is 5.11. The minimum absolute atomic E-state index is 0.0459. The third-order valence-electron chi connectivity index (χ3n) is 7.57. The Labute approximate surface area is 219 Å². The normalized spacial score (nSPS) is 16.1. The van der Waals surface area contributed by atoms with E-state index in [4.69, 9.17) is 19.3 Å². The minimum atomic E-state index is -1.25. The van der Waals surface area contributed by atoms with Crippen molar-refractivity contribution in [2.24, 2.45) is 13.0 Å². The molecule has 10 heteroatoms. The topological polar surface area (TPSA) is 104 Å². The molecule has 5 aromatic heterocycles. The van der Waals surface area contributed by atoms with Gasteiger partial charge in [-0.15, -0.1) is 0 Å². The zero-order chi connectivity index (χ0) is 26.8. The summed E-state index contributed by atoms with van der Waals surface area (Å²) >= 11 is 0. The van der Waals surface area contributed by atoms with Gasteiger partial charge in [-0.1, -0.05) is 5.16 Å². The molecule has 0 aliphatic carbocycles. The van der Waals surface area contributed by atoms with Gasteiger partial charge in [-0.25, -0.2) is 4.39 Å². The summed E-state index contributed by atoms with van der Waals surface area (Å²) < 4.78 is 30.5. The zero-order valence-corrected chi connectivity index (χ0v) is 22.2. The first kappa shape index (κ1) is 24.7. The average Bonchev–Trinajstić information content (AvgIpc) is 3.52. The second-order valence-electron chi connectivity index (χ2n) is 10.7. The van der Waals surface area contributed by atoms with Crippen LogP contribution in [-0.2, 0) is 17.4 Å². The van der Waals surface area contributed by atoms with Crippen molar-refractivity contribution in [3.05, 3.63) is 59.3 Å². The maximum atomic E-state index is 15.5. The maximum Gasteiger partial charge on any atom is 0.146 e. The molecule has 1 aliphatic rings. The van der Waals surface area contributed by atoms with Crippen LogP contribution in [-0.4, -0.2) is 47.8 Å². The first-order valence-corrected chi connectivity index (χ1v) is 12.9. The first-order chi connectivity index (χ1) is 18.2. The highest BCUT2D eigenvalue weighted by molar-refractivity contribution is 6.06. The minimum Gasteiger partial charge on any atom is -0.384 e. The summed E-state index contributed by atoms with van der Waals surface area (Å²) in [6, 6.07) is 4.64. The van der Waals surface area contributed by atoms with Crippen molar-refractivity contribution in [1.29, 1.82) is 0 Å². The van der Waals surface area contributed by atoms with Crippen molar-refractivity contribution in [3.63, 3.8) is 0 Å². The van der Waals surface area contributed by atoms with Crippen LogP contribution in [0.4, 0.5) is 4.39 Å². The van der Waals surface area contributed by atoms with Gasteiger partial charge in [0.2, 0.25) is 0 Å². The van der Waals surface area contributed by atoms with Gasteiger partial charge in [0.25, 0.3) is 0 Å². The van der Waals surface area contributed by atoms with Gasteiger partial charge in [0, 0.05) is 43.8 Å². The van der Waals surface area contributed by atoms with Crippen LogP contribution >= 0.6 is 0 Å². The predicted octanol–water partition coefficient (Wildman–Crippen LogP) is 4.97. The Bertz CT molecular complexity index is 1640. The second kappa shape index (κ2) is 8.99. The molecule has 0 saturated carbocycles. The molecule has 198 valence electrons. The van der Waals surface area contributed by atoms with E-state index >= 15 is 4.39 Å². The van der Waals surface area contributed by atoms with Crippen LogP contribution in [0, 0.1) is 25.6 Å². The van der Waals surface area contributed by atoms with Crippen molar-refractivity contribution in [2.75, 3.05) is 13.2 Å². The van der Waals surface area contributed by atoms with E-state index in [-0.39, 0.29) is 11.7 Å². The molecule has 0 radical (unpaired) electrons. The number of fused-ring (bicyclic) bond motifs is 3. The third kappa shape index (κ3) is 3.82. The molecule has 1 saturated heterocycles. The Morgan fingerprint density at radius 1 is 1.16 bits per heavy atom. The van der Waals surface area contributed by atoms with Crippen LogP contribution in [0.15, 0.2) is 35.1 Å². The highest BCUT2D eigenvalue weighted by Crippen LogP contribution is 2.43. The standard InChI is InChI=1S/C28H31FN6O3/c1-15-21(16(2)38-33-15)18-13-20-23(31-14-18)25-26(27(28(3,4)36)32-34(25)5)35(20)24(17-8-11-37-12-9-17)22-19(29)7-6-10-30-22/h6-7,10,13-14,17,24,36H,8-9,11-12H2,1-5H3/t24-/m1/s1. The van der Waals surface area contributed by atoms with E-state index < -0.39 is 11.6 Å². The van der Waals surface area contributed by atoms with Crippen LogP contribution in [0.2, 0.25) is 0 Å². The molecule has 1 N–H and O–H groups in total. The summed E-state index contributed by atoms with van der Waals surface area (Å²) in [6.45, 7) is 8.38. The number of halogens is 1. The summed E-state index contributed by atoms with van der Waals surface area (Å²) in [6.07, 6.45) is 4.93. The van der Waals surface area contributed by atoms with Crippen LogP contribution in [0.5, 0.6) is 0 Å². The number of hydrogen-bond donors (Lipinski definition) is 1. The quantitative estimate of drug-likeness (QED) is 0.350. The van der Waals surface area contributed by atoms with Crippen molar-refractivity contribution in [3.8, 4) is 11.1 Å². The maximum absolute atomic E-state index is 15.5. The Morgan fingerprint density at radius 2 is 1.92 bits per heavy atom. The zero-order valence-electron chi connectivity index (χ0n) is 22.2. The molecule has 5 aromatic rings. The van der Waals surface area contributed by atoms with E-state index in [1.54, 1.807) is 37.0 Å². The summed E-state index contributed by atoms with van der Waals surface area (Å²) in [5.74, 6) is 0.369. The monoisotopic (exact) mass is 518 g/mol. The molecule has 0 amide bonds. The van der Waals surface area contributed by atoms with Crippen molar-refractivity contribution < 1.29 is 18.8 Å². The largest absolute Gasteiger partial charge is 0.384 e. The molecule has 6 rings (SSSR count). The van der Waals surface area contributed by atoms with Crippen molar-refractivity contribution in [2.45, 2.75) is 52.2 Å². The van der Waals surface area contributed by atoms with Crippen molar-refractivity contribution in [1.82, 2.24) is 29.5 Å². The smallest absolute Gasteiger partial charge is 0.146 e. The molecule has 38 heavy (non-hydrogen) atoms. The van der Waals surface area contributed by atoms with E-state index in [2.05, 4.69) is 20.8 Å². The molecule has 1 aliphatic heterocycles. The number of aromatic nitrogens is 6. The lowest BCUT2D eigenvalue weighted by Gasteiger charge is -2.32. The van der Waals surface area contributed by atoms with E-state index in [9.17, 15) is 5.11 Å². The molecule has 9 nitrogen and oxygen atoms in total. The number of hydrogen-bond acceptors (Lipinski definition) is 7. The van der Waals surface area contributed by atoms with Gasteiger partial charge < -0.3 is 18.9 Å². The molecular formula is C28H31FN6O3. The molecular weight excluding hydrogens is 487 g/mol. The Hall–Kier alpha value is -3.63. The highest BCUT2D eigenvalue weighted by Gasteiger charge is 2.37. The van der Waals surface area contributed by atoms with Crippen molar-refractivity contribution >= 4 is 22.1 Å². The summed E-state index contributed by atoms with van der Waals surface area (Å²) in [5, 5.41) is 20.0. The predicted molar refractivity (Wildman–Crippen MR) is 140 cm³/mol. The lowest BCUT2D eigenvalue weighted by Crippen LogP contribution is -2.29. The summed E-state index contributed by atoms with van der Waals surface area (Å²) in [4.78, 5) is 9.45. The van der Waals surface area contributed by atoms with Gasteiger partial charge in [-0.05, 0) is 64.7 Å². The number of nitrogens with zero attached hydrogens (tertiary/aromatic N) is 6. The fourth-order valence-corrected chi connectivity index (χ4v) is 5.88. The molecule has 0 unspecified atom stereocenters. The molecule has 0 spiro atoms. The lowest BCUT2D eigenvalue weighted by atomic mass is 9.88. The van der Waals surface area contributed by atoms with Gasteiger partial charge in [-0.2, -0.15) is 5.10 Å². The van der Waals surface area contributed by atoms with E-state index in [0.29, 0.717) is 30.4 Å². The SMILES string of the molecule is Cc1noc(C)c1-c1cnc2c3c(c(C(C)(C)O)nn3C)n([C@@H](c3ncccc3F)C3CCOCC3)c2c1. The second-order valence-corrected chi connectivity index (χ2v) is 10.7. The number of aryl methyl sites for hydroxylation is 3. The van der Waals surface area contributed by atoms with Gasteiger partial charge in [0.1, 0.15) is 33.9 Å². The van der Waals surface area contributed by atoms with E-state index in [0.717, 1.165) is 51.7 Å². The number of aliphatic hydroxyl groups is 1. The van der Waals surface area contributed by atoms with Crippen LogP contribution in [0.1, 0.15) is 55.6 Å². The van der Waals surface area contributed by atoms with Crippen LogP contribution in [0.25, 0.3) is 33.2 Å². The fourth-order valence-electron chi connectivity index (χ4n) is 5.88. The molecule has 1 fully saturated rings. The number of rotatable bonds is 5. The van der Waals surface area contributed by atoms with Crippen LogP contribution < -0.4 is 0 Å². The van der Waals surface area contributed by atoms with Gasteiger partial charge >= 0.3 is 0 Å². The molecule has 0 aromatic carbocycles. The highest BCUT2D eigenvalue weighted by atomic mass is 19.1. The molecule has 0 bridgehead atoms. The first-order valence-electron chi connectivity index (χ1n) is 12.9. The Kier molecular flexibility index (Phi) is 5.84. The van der Waals surface area contributed by atoms with Gasteiger partial charge in [0.15, 0.2) is 0 Å². The third-order valence-corrected chi connectivity index (χ3v) is 7.57.